The first kappa shape index (κ1) is 31.7. The Morgan fingerprint density at radius 2 is 1.43 bits per heavy atom. The number of carbonyl (C=O) groups is 5. The number of thioether (sulfide) groups is 1. The van der Waals surface area contributed by atoms with Crippen LogP contribution < -0.4 is 21.7 Å². The van der Waals surface area contributed by atoms with Gasteiger partial charge in [-0.2, -0.15) is 11.8 Å². The molecule has 12 nitrogen and oxygen atoms in total. The van der Waals surface area contributed by atoms with Gasteiger partial charge in [0.2, 0.25) is 17.7 Å². The molecular formula is C24H36N4O8S. The van der Waals surface area contributed by atoms with Crippen LogP contribution in [0.25, 0.3) is 0 Å². The van der Waals surface area contributed by atoms with Gasteiger partial charge in [0, 0.05) is 6.42 Å². The number of aromatic hydroxyl groups is 1. The molecule has 1 rings (SSSR count). The van der Waals surface area contributed by atoms with Crippen LogP contribution in [0.3, 0.4) is 0 Å². The first-order chi connectivity index (χ1) is 17.3. The maximum absolute atomic E-state index is 13.1. The molecule has 3 amide bonds. The van der Waals surface area contributed by atoms with E-state index in [0.717, 1.165) is 0 Å². The third-order valence-electron chi connectivity index (χ3n) is 5.31. The maximum Gasteiger partial charge on any atom is 0.326 e. The second-order valence-corrected chi connectivity index (χ2v) is 9.99. The fourth-order valence-electron chi connectivity index (χ4n) is 3.38. The van der Waals surface area contributed by atoms with E-state index in [1.54, 1.807) is 12.1 Å². The van der Waals surface area contributed by atoms with Crippen LogP contribution in [-0.2, 0) is 30.4 Å². The Bertz CT molecular complexity index is 941. The van der Waals surface area contributed by atoms with Crippen LogP contribution in [0.2, 0.25) is 0 Å². The van der Waals surface area contributed by atoms with Gasteiger partial charge in [-0.05, 0) is 48.5 Å². The van der Waals surface area contributed by atoms with E-state index in [1.165, 1.54) is 23.9 Å². The number of carboxylic acid groups (broad SMARTS) is 2. The van der Waals surface area contributed by atoms with E-state index < -0.39 is 60.2 Å². The van der Waals surface area contributed by atoms with E-state index in [9.17, 15) is 34.2 Å². The Morgan fingerprint density at radius 3 is 1.95 bits per heavy atom. The van der Waals surface area contributed by atoms with Crippen molar-refractivity contribution >= 4 is 41.4 Å². The van der Waals surface area contributed by atoms with Crippen molar-refractivity contribution in [2.45, 2.75) is 63.7 Å². The fraction of sp³-hybridized carbons (Fsp3) is 0.542. The number of carbonyl (C=O) groups excluding carboxylic acids is 3. The number of aliphatic carboxylic acids is 2. The van der Waals surface area contributed by atoms with Gasteiger partial charge in [-0.1, -0.05) is 26.0 Å². The van der Waals surface area contributed by atoms with Crippen LogP contribution in [0.1, 0.15) is 38.7 Å². The molecule has 0 aliphatic carbocycles. The summed E-state index contributed by atoms with van der Waals surface area (Å²) in [6, 6.07) is 1.09. The lowest BCUT2D eigenvalue weighted by Crippen LogP contribution is -2.57. The Hall–Kier alpha value is -3.32. The van der Waals surface area contributed by atoms with Crippen molar-refractivity contribution in [3.8, 4) is 5.75 Å². The van der Waals surface area contributed by atoms with E-state index in [-0.39, 0.29) is 30.9 Å². The highest BCUT2D eigenvalue weighted by molar-refractivity contribution is 7.98. The van der Waals surface area contributed by atoms with E-state index >= 15 is 0 Å². The van der Waals surface area contributed by atoms with Crippen LogP contribution >= 0.6 is 11.8 Å². The Labute approximate surface area is 219 Å². The maximum atomic E-state index is 13.1. The number of amides is 3. The first-order valence-electron chi connectivity index (χ1n) is 11.7. The Balaban J connectivity index is 3.00. The number of hydrogen-bond acceptors (Lipinski definition) is 8. The SMILES string of the molecule is CSCCC(NC(=O)C(N)CC(=O)O)C(=O)NC(CC(C)C)C(=O)NC(Cc1ccc(O)cc1)C(=O)O. The average Bonchev–Trinajstić information content (AvgIpc) is 2.81. The van der Waals surface area contributed by atoms with Crippen molar-refractivity contribution in [1.29, 1.82) is 0 Å². The molecule has 206 valence electrons. The lowest BCUT2D eigenvalue weighted by molar-refractivity contribution is -0.142. The third kappa shape index (κ3) is 12.0. The summed E-state index contributed by atoms with van der Waals surface area (Å²) < 4.78 is 0. The molecule has 0 radical (unpaired) electrons. The number of phenolic OH excluding ortho intramolecular Hbond substituents is 1. The number of benzene rings is 1. The van der Waals surface area contributed by atoms with E-state index in [2.05, 4.69) is 16.0 Å². The summed E-state index contributed by atoms with van der Waals surface area (Å²) in [7, 11) is 0. The predicted octanol–water partition coefficient (Wildman–Crippen LogP) is 0.0749. The lowest BCUT2D eigenvalue weighted by atomic mass is 10.0. The Kier molecular flexibility index (Phi) is 13.5. The molecule has 1 aromatic carbocycles. The molecule has 0 heterocycles. The number of phenols is 1. The van der Waals surface area contributed by atoms with Crippen LogP contribution in [0.5, 0.6) is 5.75 Å². The van der Waals surface area contributed by atoms with Crippen LogP contribution in [0, 0.1) is 5.92 Å². The second kappa shape index (κ2) is 15.7. The molecule has 4 atom stereocenters. The van der Waals surface area contributed by atoms with Gasteiger partial charge in [-0.3, -0.25) is 19.2 Å². The Morgan fingerprint density at radius 1 is 0.892 bits per heavy atom. The minimum atomic E-state index is -1.35. The topological polar surface area (TPSA) is 208 Å². The van der Waals surface area contributed by atoms with Crippen molar-refractivity contribution < 1.29 is 39.3 Å². The molecule has 1 aromatic rings. The highest BCUT2D eigenvalue weighted by atomic mass is 32.2. The molecular weight excluding hydrogens is 504 g/mol. The minimum Gasteiger partial charge on any atom is -0.508 e. The standard InChI is InChI=1S/C24H36N4O8S/c1-13(2)10-18(23(34)28-19(24(35)36)11-14-4-6-15(29)7-5-14)27-22(33)17(8-9-37-3)26-21(32)16(25)12-20(30)31/h4-7,13,16-19,29H,8-12,25H2,1-3H3,(H,26,32)(H,27,33)(H,28,34)(H,30,31)(H,35,36). The molecule has 4 unspecified atom stereocenters. The van der Waals surface area contributed by atoms with Gasteiger partial charge in [-0.15, -0.1) is 0 Å². The molecule has 0 aliphatic rings. The van der Waals surface area contributed by atoms with Gasteiger partial charge in [0.25, 0.3) is 0 Å². The zero-order valence-corrected chi connectivity index (χ0v) is 21.9. The largest absolute Gasteiger partial charge is 0.508 e. The van der Waals surface area contributed by atoms with Crippen LogP contribution in [-0.4, -0.2) is 81.2 Å². The molecule has 13 heteroatoms. The van der Waals surface area contributed by atoms with E-state index in [1.807, 2.05) is 20.1 Å². The molecule has 8 N–H and O–H groups in total. The summed E-state index contributed by atoms with van der Waals surface area (Å²) in [6.07, 6.45) is 1.55. The highest BCUT2D eigenvalue weighted by Gasteiger charge is 2.31. The van der Waals surface area contributed by atoms with Gasteiger partial charge in [0.1, 0.15) is 23.9 Å². The second-order valence-electron chi connectivity index (χ2n) is 9.01. The summed E-state index contributed by atoms with van der Waals surface area (Å²) in [4.78, 5) is 61.1. The quantitative estimate of drug-likeness (QED) is 0.150. The monoisotopic (exact) mass is 540 g/mol. The minimum absolute atomic E-state index is 0.0198. The predicted molar refractivity (Wildman–Crippen MR) is 138 cm³/mol. The molecule has 37 heavy (non-hydrogen) atoms. The zero-order valence-electron chi connectivity index (χ0n) is 21.1. The normalized spacial score (nSPS) is 14.2. The van der Waals surface area contributed by atoms with Gasteiger partial charge in [-0.25, -0.2) is 4.79 Å². The van der Waals surface area contributed by atoms with Crippen molar-refractivity contribution in [1.82, 2.24) is 16.0 Å². The lowest BCUT2D eigenvalue weighted by Gasteiger charge is -2.26. The van der Waals surface area contributed by atoms with Gasteiger partial charge in [0.05, 0.1) is 12.5 Å². The van der Waals surface area contributed by atoms with E-state index in [0.29, 0.717) is 11.3 Å². The van der Waals surface area contributed by atoms with Gasteiger partial charge in [0.15, 0.2) is 0 Å². The zero-order chi connectivity index (χ0) is 28.1. The smallest absolute Gasteiger partial charge is 0.326 e. The van der Waals surface area contributed by atoms with Crippen LogP contribution in [0.15, 0.2) is 24.3 Å². The van der Waals surface area contributed by atoms with Crippen LogP contribution in [0.4, 0.5) is 0 Å². The molecule has 0 saturated carbocycles. The molecule has 0 aromatic heterocycles. The molecule has 0 fully saturated rings. The van der Waals surface area contributed by atoms with Crippen molar-refractivity contribution in [3.05, 3.63) is 29.8 Å². The highest BCUT2D eigenvalue weighted by Crippen LogP contribution is 2.13. The molecule has 0 bridgehead atoms. The molecule has 0 spiro atoms. The fourth-order valence-corrected chi connectivity index (χ4v) is 3.85. The summed E-state index contributed by atoms with van der Waals surface area (Å²) >= 11 is 1.43. The van der Waals surface area contributed by atoms with Gasteiger partial charge >= 0.3 is 11.9 Å². The van der Waals surface area contributed by atoms with Gasteiger partial charge < -0.3 is 37.0 Å². The van der Waals surface area contributed by atoms with Crippen molar-refractivity contribution in [2.24, 2.45) is 11.7 Å². The number of nitrogens with one attached hydrogen (secondary N) is 3. The summed E-state index contributed by atoms with van der Waals surface area (Å²) in [5.74, 6) is -4.25. The molecule has 0 saturated heterocycles. The summed E-state index contributed by atoms with van der Waals surface area (Å²) in [5.41, 5.74) is 6.18. The third-order valence-corrected chi connectivity index (χ3v) is 5.95. The first-order valence-corrected chi connectivity index (χ1v) is 13.1. The molecule has 0 aliphatic heterocycles. The van der Waals surface area contributed by atoms with E-state index in [4.69, 9.17) is 10.8 Å². The average molecular weight is 541 g/mol. The van der Waals surface area contributed by atoms with Crippen molar-refractivity contribution in [3.63, 3.8) is 0 Å². The van der Waals surface area contributed by atoms with Crippen molar-refractivity contribution in [2.75, 3.05) is 12.0 Å². The summed E-state index contributed by atoms with van der Waals surface area (Å²) in [5, 5.41) is 35.4. The number of rotatable bonds is 16. The number of carboxylic acids is 2. The summed E-state index contributed by atoms with van der Waals surface area (Å²) in [6.45, 7) is 3.66. The number of nitrogens with two attached hydrogens (primary N) is 1. The number of hydrogen-bond donors (Lipinski definition) is 7.